The predicted octanol–water partition coefficient (Wildman–Crippen LogP) is 4.19. The van der Waals surface area contributed by atoms with E-state index in [1.165, 1.54) is 3.57 Å². The summed E-state index contributed by atoms with van der Waals surface area (Å²) in [7, 11) is 0. The van der Waals surface area contributed by atoms with E-state index in [9.17, 15) is 0 Å². The van der Waals surface area contributed by atoms with Crippen LogP contribution in [0, 0.1) is 3.57 Å². The molecule has 0 radical (unpaired) electrons. The molecule has 1 heterocycles. The number of rotatable bonds is 5. The van der Waals surface area contributed by atoms with E-state index in [0.717, 1.165) is 23.4 Å². The summed E-state index contributed by atoms with van der Waals surface area (Å²) in [6, 6.07) is 6.27. The SMILES string of the molecule is CCOC(C)(C)Cn1c(CCl)nc2cc(I)ccc21. The van der Waals surface area contributed by atoms with E-state index in [0.29, 0.717) is 12.5 Å². The number of hydrogen-bond donors (Lipinski definition) is 0. The van der Waals surface area contributed by atoms with Crippen molar-refractivity contribution in [2.24, 2.45) is 0 Å². The largest absolute Gasteiger partial charge is 0.374 e. The van der Waals surface area contributed by atoms with Crippen LogP contribution >= 0.6 is 34.2 Å². The Morgan fingerprint density at radius 3 is 2.79 bits per heavy atom. The maximum Gasteiger partial charge on any atom is 0.124 e. The minimum atomic E-state index is -0.230. The molecule has 19 heavy (non-hydrogen) atoms. The summed E-state index contributed by atoms with van der Waals surface area (Å²) in [6.45, 7) is 7.65. The summed E-state index contributed by atoms with van der Waals surface area (Å²) >= 11 is 8.32. The molecule has 0 atom stereocenters. The van der Waals surface area contributed by atoms with Crippen molar-refractivity contribution in [3.8, 4) is 0 Å². The highest BCUT2D eigenvalue weighted by molar-refractivity contribution is 14.1. The lowest BCUT2D eigenvalue weighted by Crippen LogP contribution is -2.31. The summed E-state index contributed by atoms with van der Waals surface area (Å²) in [5.41, 5.74) is 1.88. The van der Waals surface area contributed by atoms with Gasteiger partial charge in [0.1, 0.15) is 5.82 Å². The van der Waals surface area contributed by atoms with Crippen LogP contribution in [0.3, 0.4) is 0 Å². The van der Waals surface area contributed by atoms with Crippen LogP contribution in [0.4, 0.5) is 0 Å². The van der Waals surface area contributed by atoms with Crippen molar-refractivity contribution in [2.75, 3.05) is 6.61 Å². The highest BCUT2D eigenvalue weighted by Gasteiger charge is 2.22. The predicted molar refractivity (Wildman–Crippen MR) is 87.7 cm³/mol. The molecule has 104 valence electrons. The molecule has 5 heteroatoms. The third kappa shape index (κ3) is 3.41. The van der Waals surface area contributed by atoms with Gasteiger partial charge in [-0.2, -0.15) is 0 Å². The fourth-order valence-electron chi connectivity index (χ4n) is 2.25. The van der Waals surface area contributed by atoms with Crippen molar-refractivity contribution in [3.63, 3.8) is 0 Å². The van der Waals surface area contributed by atoms with Gasteiger partial charge in [0.25, 0.3) is 0 Å². The van der Waals surface area contributed by atoms with Gasteiger partial charge in [0.05, 0.1) is 29.1 Å². The van der Waals surface area contributed by atoms with Crippen LogP contribution in [-0.4, -0.2) is 21.8 Å². The Morgan fingerprint density at radius 1 is 1.42 bits per heavy atom. The van der Waals surface area contributed by atoms with E-state index < -0.39 is 0 Å². The lowest BCUT2D eigenvalue weighted by Gasteiger charge is -2.26. The lowest BCUT2D eigenvalue weighted by molar-refractivity contribution is -0.0220. The van der Waals surface area contributed by atoms with E-state index in [-0.39, 0.29) is 5.60 Å². The number of fused-ring (bicyclic) bond motifs is 1. The minimum absolute atomic E-state index is 0.230. The van der Waals surface area contributed by atoms with Gasteiger partial charge in [-0.05, 0) is 61.6 Å². The normalized spacial score (nSPS) is 12.3. The molecule has 0 aliphatic heterocycles. The highest BCUT2D eigenvalue weighted by atomic mass is 127. The van der Waals surface area contributed by atoms with Gasteiger partial charge in [-0.15, -0.1) is 11.6 Å². The van der Waals surface area contributed by atoms with Gasteiger partial charge in [-0.1, -0.05) is 0 Å². The molecule has 2 aromatic rings. The van der Waals surface area contributed by atoms with Crippen molar-refractivity contribution in [2.45, 2.75) is 38.8 Å². The number of imidazole rings is 1. The molecule has 0 N–H and O–H groups in total. The smallest absolute Gasteiger partial charge is 0.124 e. The number of ether oxygens (including phenoxy) is 1. The molecule has 0 fully saturated rings. The monoisotopic (exact) mass is 392 g/mol. The van der Waals surface area contributed by atoms with Gasteiger partial charge in [-0.25, -0.2) is 4.98 Å². The molecule has 0 amide bonds. The maximum atomic E-state index is 6.02. The molecule has 0 aliphatic rings. The van der Waals surface area contributed by atoms with E-state index in [2.05, 4.69) is 64.2 Å². The molecule has 0 saturated carbocycles. The van der Waals surface area contributed by atoms with Crippen molar-refractivity contribution >= 4 is 45.2 Å². The first-order valence-corrected chi connectivity index (χ1v) is 7.93. The van der Waals surface area contributed by atoms with Crippen LogP contribution in [-0.2, 0) is 17.2 Å². The fourth-order valence-corrected chi connectivity index (χ4v) is 2.93. The summed E-state index contributed by atoms with van der Waals surface area (Å²) < 4.78 is 9.12. The first-order chi connectivity index (χ1) is 8.96. The standard InChI is InChI=1S/C14H18ClIN2O/c1-4-19-14(2,3)9-18-12-6-5-10(16)7-11(12)17-13(18)8-15/h5-7H,4,8-9H2,1-3H3. The second kappa shape index (κ2) is 5.97. The molecule has 0 aliphatic carbocycles. The zero-order valence-electron chi connectivity index (χ0n) is 11.4. The van der Waals surface area contributed by atoms with Crippen molar-refractivity contribution in [1.82, 2.24) is 9.55 Å². The molecular formula is C14H18ClIN2O. The average Bonchev–Trinajstić information content (AvgIpc) is 2.65. The van der Waals surface area contributed by atoms with Crippen LogP contribution in [0.15, 0.2) is 18.2 Å². The molecule has 2 rings (SSSR count). The minimum Gasteiger partial charge on any atom is -0.374 e. The van der Waals surface area contributed by atoms with Gasteiger partial charge in [0.15, 0.2) is 0 Å². The fraction of sp³-hybridized carbons (Fsp3) is 0.500. The Kier molecular flexibility index (Phi) is 4.74. The molecular weight excluding hydrogens is 375 g/mol. The van der Waals surface area contributed by atoms with E-state index in [1.807, 2.05) is 6.92 Å². The maximum absolute atomic E-state index is 6.02. The van der Waals surface area contributed by atoms with Gasteiger partial charge in [0, 0.05) is 10.2 Å². The molecule has 1 aromatic carbocycles. The van der Waals surface area contributed by atoms with E-state index in [1.54, 1.807) is 0 Å². The Balaban J connectivity index is 2.46. The average molecular weight is 393 g/mol. The van der Waals surface area contributed by atoms with Crippen LogP contribution in [0.1, 0.15) is 26.6 Å². The van der Waals surface area contributed by atoms with Gasteiger partial charge < -0.3 is 9.30 Å². The number of nitrogens with zero attached hydrogens (tertiary/aromatic N) is 2. The third-order valence-corrected chi connectivity index (χ3v) is 3.89. The zero-order valence-corrected chi connectivity index (χ0v) is 14.3. The number of hydrogen-bond acceptors (Lipinski definition) is 2. The first-order valence-electron chi connectivity index (χ1n) is 6.31. The van der Waals surface area contributed by atoms with E-state index >= 15 is 0 Å². The summed E-state index contributed by atoms with van der Waals surface area (Å²) in [4.78, 5) is 4.61. The second-order valence-corrected chi connectivity index (χ2v) is 6.59. The summed E-state index contributed by atoms with van der Waals surface area (Å²) in [5, 5.41) is 0. The number of alkyl halides is 1. The van der Waals surface area contributed by atoms with Gasteiger partial charge >= 0.3 is 0 Å². The Labute approximate surface area is 132 Å². The van der Waals surface area contributed by atoms with Crippen LogP contribution < -0.4 is 0 Å². The molecule has 3 nitrogen and oxygen atoms in total. The third-order valence-electron chi connectivity index (χ3n) is 2.98. The van der Waals surface area contributed by atoms with Crippen molar-refractivity contribution in [1.29, 1.82) is 0 Å². The quantitative estimate of drug-likeness (QED) is 0.563. The highest BCUT2D eigenvalue weighted by Crippen LogP contribution is 2.23. The first kappa shape index (κ1) is 15.1. The molecule has 0 bridgehead atoms. The van der Waals surface area contributed by atoms with Crippen LogP contribution in [0.2, 0.25) is 0 Å². The Bertz CT molecular complexity index is 580. The van der Waals surface area contributed by atoms with Gasteiger partial charge in [0.2, 0.25) is 0 Å². The van der Waals surface area contributed by atoms with Crippen LogP contribution in [0.25, 0.3) is 11.0 Å². The Hall–Kier alpha value is -0.330. The molecule has 0 spiro atoms. The summed E-state index contributed by atoms with van der Waals surface area (Å²) in [6.07, 6.45) is 0. The van der Waals surface area contributed by atoms with Crippen molar-refractivity contribution in [3.05, 3.63) is 27.6 Å². The second-order valence-electron chi connectivity index (χ2n) is 5.07. The van der Waals surface area contributed by atoms with Crippen LogP contribution in [0.5, 0.6) is 0 Å². The Morgan fingerprint density at radius 2 is 2.16 bits per heavy atom. The van der Waals surface area contributed by atoms with Crippen molar-refractivity contribution < 1.29 is 4.74 Å². The number of benzene rings is 1. The molecule has 1 aromatic heterocycles. The molecule has 0 unspecified atom stereocenters. The topological polar surface area (TPSA) is 27.1 Å². The molecule has 0 saturated heterocycles. The lowest BCUT2D eigenvalue weighted by atomic mass is 10.1. The number of aromatic nitrogens is 2. The number of halogens is 2. The summed E-state index contributed by atoms with van der Waals surface area (Å²) in [5.74, 6) is 1.31. The van der Waals surface area contributed by atoms with E-state index in [4.69, 9.17) is 16.3 Å². The zero-order chi connectivity index (χ0) is 14.0. The van der Waals surface area contributed by atoms with Gasteiger partial charge in [-0.3, -0.25) is 0 Å².